The molecule has 5 heteroatoms. The normalized spacial score (nSPS) is 14.9. The highest BCUT2D eigenvalue weighted by Gasteiger charge is 2.24. The number of ether oxygens (including phenoxy) is 1. The topological polar surface area (TPSA) is 64.3 Å². The van der Waals surface area contributed by atoms with E-state index in [1.54, 1.807) is 19.2 Å². The molecule has 1 heterocycles. The summed E-state index contributed by atoms with van der Waals surface area (Å²) in [5, 5.41) is 9.27. The molecule has 0 atom stereocenters. The van der Waals surface area contributed by atoms with Gasteiger partial charge in [-0.3, -0.25) is 0 Å². The molecule has 0 unspecified atom stereocenters. The number of imidazole rings is 1. The standard InChI is InChI=1S/C20H20N2O3/c1-25-16-8-4-5-13(11-16)19-21-17-12-14(20(23)24)9-10-18(17)22(19)15-6-2-3-7-15/h4-5,8-12,15H,2-3,6-7H2,1H3,(H,23,24). The third-order valence-electron chi connectivity index (χ3n) is 4.95. The summed E-state index contributed by atoms with van der Waals surface area (Å²) in [4.78, 5) is 16.1. The molecule has 1 aromatic heterocycles. The molecule has 3 aromatic rings. The smallest absolute Gasteiger partial charge is 0.335 e. The molecular weight excluding hydrogens is 316 g/mol. The van der Waals surface area contributed by atoms with Crippen molar-refractivity contribution in [3.8, 4) is 17.1 Å². The van der Waals surface area contributed by atoms with Gasteiger partial charge >= 0.3 is 5.97 Å². The summed E-state index contributed by atoms with van der Waals surface area (Å²) in [5.41, 5.74) is 2.97. The van der Waals surface area contributed by atoms with Crippen molar-refractivity contribution in [2.75, 3.05) is 7.11 Å². The predicted octanol–water partition coefficient (Wildman–Crippen LogP) is 4.53. The molecule has 1 aliphatic rings. The lowest BCUT2D eigenvalue weighted by Gasteiger charge is -2.17. The summed E-state index contributed by atoms with van der Waals surface area (Å²) in [5.74, 6) is 0.734. The van der Waals surface area contributed by atoms with Gasteiger partial charge in [-0.15, -0.1) is 0 Å². The maximum absolute atomic E-state index is 11.3. The fourth-order valence-electron chi connectivity index (χ4n) is 3.73. The van der Waals surface area contributed by atoms with Gasteiger partial charge < -0.3 is 14.4 Å². The molecule has 0 amide bonds. The highest BCUT2D eigenvalue weighted by atomic mass is 16.5. The number of methoxy groups -OCH3 is 1. The Morgan fingerprint density at radius 3 is 2.72 bits per heavy atom. The minimum absolute atomic E-state index is 0.265. The maximum atomic E-state index is 11.3. The monoisotopic (exact) mass is 336 g/mol. The van der Waals surface area contributed by atoms with Crippen molar-refractivity contribution in [2.45, 2.75) is 31.7 Å². The largest absolute Gasteiger partial charge is 0.497 e. The molecule has 0 saturated heterocycles. The van der Waals surface area contributed by atoms with E-state index in [-0.39, 0.29) is 5.56 Å². The maximum Gasteiger partial charge on any atom is 0.335 e. The Labute approximate surface area is 145 Å². The van der Waals surface area contributed by atoms with Crippen LogP contribution in [-0.4, -0.2) is 27.7 Å². The van der Waals surface area contributed by atoms with Gasteiger partial charge in [0.05, 0.1) is 23.7 Å². The van der Waals surface area contributed by atoms with Crippen molar-refractivity contribution in [1.29, 1.82) is 0 Å². The van der Waals surface area contributed by atoms with E-state index in [1.807, 2.05) is 30.3 Å². The first kappa shape index (κ1) is 15.7. The molecule has 5 nitrogen and oxygen atoms in total. The Kier molecular flexibility index (Phi) is 3.92. The number of aromatic nitrogens is 2. The summed E-state index contributed by atoms with van der Waals surface area (Å²) in [6, 6.07) is 13.5. The average molecular weight is 336 g/mol. The van der Waals surface area contributed by atoms with Gasteiger partial charge in [-0.25, -0.2) is 9.78 Å². The van der Waals surface area contributed by atoms with Crippen molar-refractivity contribution in [2.24, 2.45) is 0 Å². The zero-order valence-corrected chi connectivity index (χ0v) is 14.1. The summed E-state index contributed by atoms with van der Waals surface area (Å²) in [6.45, 7) is 0. The van der Waals surface area contributed by atoms with Crippen molar-refractivity contribution in [3.63, 3.8) is 0 Å². The lowest BCUT2D eigenvalue weighted by molar-refractivity contribution is 0.0697. The Morgan fingerprint density at radius 1 is 1.20 bits per heavy atom. The number of fused-ring (bicyclic) bond motifs is 1. The van der Waals surface area contributed by atoms with Crippen LogP contribution in [0.5, 0.6) is 5.75 Å². The van der Waals surface area contributed by atoms with Crippen molar-refractivity contribution in [3.05, 3.63) is 48.0 Å². The molecule has 0 spiro atoms. The van der Waals surface area contributed by atoms with Gasteiger partial charge in [-0.1, -0.05) is 25.0 Å². The first-order valence-electron chi connectivity index (χ1n) is 8.57. The predicted molar refractivity (Wildman–Crippen MR) is 96.2 cm³/mol. The van der Waals surface area contributed by atoms with E-state index < -0.39 is 5.97 Å². The van der Waals surface area contributed by atoms with E-state index in [2.05, 4.69) is 4.57 Å². The molecule has 1 saturated carbocycles. The summed E-state index contributed by atoms with van der Waals surface area (Å²) >= 11 is 0. The molecular formula is C20H20N2O3. The van der Waals surface area contributed by atoms with Crippen LogP contribution in [0.1, 0.15) is 42.1 Å². The number of carboxylic acids is 1. The van der Waals surface area contributed by atoms with E-state index in [4.69, 9.17) is 9.72 Å². The fourth-order valence-corrected chi connectivity index (χ4v) is 3.73. The molecule has 1 aliphatic carbocycles. The third kappa shape index (κ3) is 2.76. The molecule has 4 rings (SSSR count). The van der Waals surface area contributed by atoms with Crippen LogP contribution in [0, 0.1) is 0 Å². The van der Waals surface area contributed by atoms with Crippen LogP contribution in [0.2, 0.25) is 0 Å². The fraction of sp³-hybridized carbons (Fsp3) is 0.300. The zero-order valence-electron chi connectivity index (χ0n) is 14.1. The Balaban J connectivity index is 1.94. The molecule has 1 N–H and O–H groups in total. The van der Waals surface area contributed by atoms with Gasteiger partial charge in [0, 0.05) is 11.6 Å². The van der Waals surface area contributed by atoms with Gasteiger partial charge in [0.15, 0.2) is 0 Å². The van der Waals surface area contributed by atoms with Crippen molar-refractivity contribution in [1.82, 2.24) is 9.55 Å². The van der Waals surface area contributed by atoms with Gasteiger partial charge in [-0.05, 0) is 43.2 Å². The number of rotatable bonds is 4. The summed E-state index contributed by atoms with van der Waals surface area (Å²) < 4.78 is 7.63. The van der Waals surface area contributed by atoms with E-state index in [0.29, 0.717) is 6.04 Å². The highest BCUT2D eigenvalue weighted by Crippen LogP contribution is 2.37. The minimum atomic E-state index is -0.930. The molecule has 0 aliphatic heterocycles. The van der Waals surface area contributed by atoms with Crippen molar-refractivity contribution >= 4 is 17.0 Å². The second kappa shape index (κ2) is 6.24. The highest BCUT2D eigenvalue weighted by molar-refractivity contribution is 5.93. The van der Waals surface area contributed by atoms with Gasteiger partial charge in [0.2, 0.25) is 0 Å². The SMILES string of the molecule is COc1cccc(-c2nc3cc(C(=O)O)ccc3n2C2CCCC2)c1. The van der Waals surface area contributed by atoms with Crippen LogP contribution in [0.3, 0.4) is 0 Å². The van der Waals surface area contributed by atoms with Crippen LogP contribution < -0.4 is 4.74 Å². The quantitative estimate of drug-likeness (QED) is 0.760. The number of carbonyl (C=O) groups is 1. The first-order chi connectivity index (χ1) is 12.2. The van der Waals surface area contributed by atoms with Gasteiger partial charge in [0.25, 0.3) is 0 Å². The summed E-state index contributed by atoms with van der Waals surface area (Å²) in [7, 11) is 1.65. The van der Waals surface area contributed by atoms with Crippen LogP contribution in [0.15, 0.2) is 42.5 Å². The first-order valence-corrected chi connectivity index (χ1v) is 8.57. The number of carboxylic acid groups (broad SMARTS) is 1. The minimum Gasteiger partial charge on any atom is -0.497 e. The molecule has 128 valence electrons. The number of hydrogen-bond acceptors (Lipinski definition) is 3. The Morgan fingerprint density at radius 2 is 2.00 bits per heavy atom. The van der Waals surface area contributed by atoms with Crippen LogP contribution in [0.4, 0.5) is 0 Å². The Hall–Kier alpha value is -2.82. The average Bonchev–Trinajstić information content (AvgIpc) is 3.28. The number of hydrogen-bond donors (Lipinski definition) is 1. The number of aromatic carboxylic acids is 1. The van der Waals surface area contributed by atoms with E-state index >= 15 is 0 Å². The lowest BCUT2D eigenvalue weighted by atomic mass is 10.1. The Bertz CT molecular complexity index is 939. The van der Waals surface area contributed by atoms with Gasteiger partial charge in [-0.2, -0.15) is 0 Å². The van der Waals surface area contributed by atoms with Crippen molar-refractivity contribution < 1.29 is 14.6 Å². The number of benzene rings is 2. The molecule has 0 radical (unpaired) electrons. The van der Waals surface area contributed by atoms with Crippen LogP contribution in [0.25, 0.3) is 22.4 Å². The van der Waals surface area contributed by atoms with E-state index in [9.17, 15) is 9.90 Å². The molecule has 25 heavy (non-hydrogen) atoms. The number of nitrogens with zero attached hydrogens (tertiary/aromatic N) is 2. The third-order valence-corrected chi connectivity index (χ3v) is 4.95. The second-order valence-corrected chi connectivity index (χ2v) is 6.48. The van der Waals surface area contributed by atoms with Crippen LogP contribution in [-0.2, 0) is 0 Å². The zero-order chi connectivity index (χ0) is 17.4. The van der Waals surface area contributed by atoms with E-state index in [1.165, 1.54) is 12.8 Å². The van der Waals surface area contributed by atoms with Crippen LogP contribution >= 0.6 is 0 Å². The van der Waals surface area contributed by atoms with E-state index in [0.717, 1.165) is 41.0 Å². The second-order valence-electron chi connectivity index (χ2n) is 6.48. The lowest BCUT2D eigenvalue weighted by Crippen LogP contribution is -2.06. The molecule has 1 fully saturated rings. The molecule has 0 bridgehead atoms. The van der Waals surface area contributed by atoms with Gasteiger partial charge in [0.1, 0.15) is 11.6 Å². The summed E-state index contributed by atoms with van der Waals surface area (Å²) in [6.07, 6.45) is 4.69. The molecule has 2 aromatic carbocycles.